The molecule has 1 aliphatic carbocycles. The first kappa shape index (κ1) is 16.3. The van der Waals surface area contributed by atoms with E-state index in [0.717, 1.165) is 37.5 Å². The van der Waals surface area contributed by atoms with Gasteiger partial charge in [0, 0.05) is 6.07 Å². The van der Waals surface area contributed by atoms with Crippen molar-refractivity contribution in [3.05, 3.63) is 23.5 Å². The molecule has 3 rings (SSSR count). The van der Waals surface area contributed by atoms with Crippen molar-refractivity contribution >= 4 is 23.4 Å². The molecule has 1 saturated carbocycles. The van der Waals surface area contributed by atoms with E-state index >= 15 is 0 Å². The number of fused-ring (bicyclic) bond motifs is 1. The zero-order valence-electron chi connectivity index (χ0n) is 13.6. The van der Waals surface area contributed by atoms with Crippen LogP contribution in [0.3, 0.4) is 0 Å². The van der Waals surface area contributed by atoms with Crippen molar-refractivity contribution < 1.29 is 19.1 Å². The zero-order valence-corrected chi connectivity index (χ0v) is 13.6. The molecule has 0 spiro atoms. The Hall–Kier alpha value is -2.57. The van der Waals surface area contributed by atoms with Gasteiger partial charge in [-0.15, -0.1) is 0 Å². The van der Waals surface area contributed by atoms with Crippen LogP contribution in [0.5, 0.6) is 5.75 Å². The summed E-state index contributed by atoms with van der Waals surface area (Å²) >= 11 is 0. The van der Waals surface area contributed by atoms with Gasteiger partial charge in [0.25, 0.3) is 0 Å². The number of nitrogens with zero attached hydrogens (tertiary/aromatic N) is 1. The van der Waals surface area contributed by atoms with Crippen molar-refractivity contribution in [2.24, 2.45) is 0 Å². The lowest BCUT2D eigenvalue weighted by Crippen LogP contribution is -2.30. The van der Waals surface area contributed by atoms with E-state index in [4.69, 9.17) is 9.47 Å². The molecule has 1 amide bonds. The lowest BCUT2D eigenvalue weighted by molar-refractivity contribution is 0.0748. The fraction of sp³-hybridized carbons (Fsp3) is 0.471. The summed E-state index contributed by atoms with van der Waals surface area (Å²) in [6, 6.07) is 3.37. The lowest BCUT2D eigenvalue weighted by atomic mass is 9.98. The van der Waals surface area contributed by atoms with Crippen molar-refractivity contribution in [2.45, 2.75) is 44.8 Å². The largest absolute Gasteiger partial charge is 0.496 e. The SMILES string of the molecule is COc1cc2nc(CNC(=O)OC3CCCCC3)[nH]c2cc1C=O. The third-order valence-electron chi connectivity index (χ3n) is 4.24. The second-order valence-corrected chi connectivity index (χ2v) is 5.93. The average molecular weight is 331 g/mol. The number of carbonyl (C=O) groups excluding carboxylic acids is 2. The number of rotatable bonds is 5. The van der Waals surface area contributed by atoms with Crippen LogP contribution in [0.2, 0.25) is 0 Å². The summed E-state index contributed by atoms with van der Waals surface area (Å²) in [5.41, 5.74) is 1.84. The van der Waals surface area contributed by atoms with Crippen LogP contribution >= 0.6 is 0 Å². The number of aldehydes is 1. The fourth-order valence-corrected chi connectivity index (χ4v) is 2.99. The van der Waals surface area contributed by atoms with E-state index < -0.39 is 6.09 Å². The highest BCUT2D eigenvalue weighted by atomic mass is 16.6. The highest BCUT2D eigenvalue weighted by Crippen LogP contribution is 2.23. The molecule has 0 unspecified atom stereocenters. The third kappa shape index (κ3) is 3.67. The molecule has 1 heterocycles. The normalized spacial score (nSPS) is 15.2. The van der Waals surface area contributed by atoms with E-state index in [0.29, 0.717) is 22.7 Å². The number of aromatic nitrogens is 2. The Bertz CT molecular complexity index is 735. The highest BCUT2D eigenvalue weighted by Gasteiger charge is 2.17. The van der Waals surface area contributed by atoms with Gasteiger partial charge in [-0.25, -0.2) is 9.78 Å². The van der Waals surface area contributed by atoms with Crippen LogP contribution in [0, 0.1) is 0 Å². The van der Waals surface area contributed by atoms with E-state index in [9.17, 15) is 9.59 Å². The molecule has 1 aromatic heterocycles. The number of amides is 1. The molecule has 2 aromatic rings. The van der Waals surface area contributed by atoms with Crippen LogP contribution < -0.4 is 10.1 Å². The molecule has 128 valence electrons. The molecule has 1 aliphatic rings. The van der Waals surface area contributed by atoms with Crippen molar-refractivity contribution in [1.82, 2.24) is 15.3 Å². The number of hydrogen-bond donors (Lipinski definition) is 2. The summed E-state index contributed by atoms with van der Waals surface area (Å²) in [6.07, 6.45) is 5.65. The van der Waals surface area contributed by atoms with Gasteiger partial charge in [-0.3, -0.25) is 4.79 Å². The number of nitrogens with one attached hydrogen (secondary N) is 2. The number of imidazole rings is 1. The standard InChI is InChI=1S/C17H21N3O4/c1-23-15-8-14-13(7-11(15)10-21)19-16(20-14)9-18-17(22)24-12-5-3-2-4-6-12/h7-8,10,12H,2-6,9H2,1H3,(H,18,22)(H,19,20). The Labute approximate surface area is 139 Å². The van der Waals surface area contributed by atoms with Crippen molar-refractivity contribution in [3.63, 3.8) is 0 Å². The molecule has 0 bridgehead atoms. The van der Waals surface area contributed by atoms with Crippen LogP contribution in [-0.4, -0.2) is 35.6 Å². The van der Waals surface area contributed by atoms with Gasteiger partial charge in [-0.1, -0.05) is 6.42 Å². The maximum Gasteiger partial charge on any atom is 0.407 e. The van der Waals surface area contributed by atoms with E-state index in [1.54, 1.807) is 12.1 Å². The number of methoxy groups -OCH3 is 1. The number of benzene rings is 1. The summed E-state index contributed by atoms with van der Waals surface area (Å²) < 4.78 is 10.6. The predicted molar refractivity (Wildman–Crippen MR) is 88.2 cm³/mol. The molecule has 1 fully saturated rings. The quantitative estimate of drug-likeness (QED) is 0.822. The van der Waals surface area contributed by atoms with Gasteiger partial charge in [0.15, 0.2) is 6.29 Å². The van der Waals surface area contributed by atoms with Gasteiger partial charge in [0.2, 0.25) is 0 Å². The minimum Gasteiger partial charge on any atom is -0.496 e. The van der Waals surface area contributed by atoms with Crippen LogP contribution in [-0.2, 0) is 11.3 Å². The van der Waals surface area contributed by atoms with E-state index in [-0.39, 0.29) is 12.6 Å². The van der Waals surface area contributed by atoms with Crippen LogP contribution in [0.25, 0.3) is 11.0 Å². The zero-order chi connectivity index (χ0) is 16.9. The summed E-state index contributed by atoms with van der Waals surface area (Å²) in [4.78, 5) is 30.4. The van der Waals surface area contributed by atoms with Crippen LogP contribution in [0.15, 0.2) is 12.1 Å². The Morgan fingerprint density at radius 1 is 1.38 bits per heavy atom. The average Bonchev–Trinajstić information content (AvgIpc) is 3.01. The molecule has 0 saturated heterocycles. The van der Waals surface area contributed by atoms with E-state index in [2.05, 4.69) is 15.3 Å². The first-order chi connectivity index (χ1) is 11.7. The molecular formula is C17H21N3O4. The molecule has 0 radical (unpaired) electrons. The Morgan fingerprint density at radius 2 is 2.17 bits per heavy atom. The highest BCUT2D eigenvalue weighted by molar-refractivity contribution is 5.88. The van der Waals surface area contributed by atoms with Gasteiger partial charge < -0.3 is 19.8 Å². The second-order valence-electron chi connectivity index (χ2n) is 5.93. The lowest BCUT2D eigenvalue weighted by Gasteiger charge is -2.21. The molecule has 7 heteroatoms. The number of aromatic amines is 1. The van der Waals surface area contributed by atoms with Gasteiger partial charge in [-0.2, -0.15) is 0 Å². The molecule has 1 aromatic carbocycles. The minimum absolute atomic E-state index is 0.0221. The smallest absolute Gasteiger partial charge is 0.407 e. The number of H-pyrrole nitrogens is 1. The summed E-state index contributed by atoms with van der Waals surface area (Å²) in [7, 11) is 1.50. The first-order valence-corrected chi connectivity index (χ1v) is 8.16. The number of hydrogen-bond acceptors (Lipinski definition) is 5. The summed E-state index contributed by atoms with van der Waals surface area (Å²) in [5, 5.41) is 2.71. The fourth-order valence-electron chi connectivity index (χ4n) is 2.99. The van der Waals surface area contributed by atoms with Crippen molar-refractivity contribution in [1.29, 1.82) is 0 Å². The molecule has 24 heavy (non-hydrogen) atoms. The van der Waals surface area contributed by atoms with Crippen LogP contribution in [0.4, 0.5) is 4.79 Å². The Morgan fingerprint density at radius 3 is 2.88 bits per heavy atom. The van der Waals surface area contributed by atoms with Crippen molar-refractivity contribution in [3.8, 4) is 5.75 Å². The van der Waals surface area contributed by atoms with Crippen molar-refractivity contribution in [2.75, 3.05) is 7.11 Å². The van der Waals surface area contributed by atoms with Gasteiger partial charge >= 0.3 is 6.09 Å². The van der Waals surface area contributed by atoms with Gasteiger partial charge in [-0.05, 0) is 31.7 Å². The van der Waals surface area contributed by atoms with Gasteiger partial charge in [0.05, 0.1) is 30.3 Å². The summed E-state index contributed by atoms with van der Waals surface area (Å²) in [5.74, 6) is 1.07. The van der Waals surface area contributed by atoms with E-state index in [1.807, 2.05) is 0 Å². The maximum absolute atomic E-state index is 11.9. The number of ether oxygens (including phenoxy) is 2. The summed E-state index contributed by atoms with van der Waals surface area (Å²) in [6.45, 7) is 0.235. The third-order valence-corrected chi connectivity index (χ3v) is 4.24. The number of alkyl carbamates (subject to hydrolysis) is 1. The topological polar surface area (TPSA) is 93.3 Å². The van der Waals surface area contributed by atoms with Crippen LogP contribution in [0.1, 0.15) is 48.3 Å². The predicted octanol–water partition coefficient (Wildman–Crippen LogP) is 2.94. The molecule has 0 aliphatic heterocycles. The Kier molecular flexibility index (Phi) is 4.98. The molecule has 7 nitrogen and oxygen atoms in total. The van der Waals surface area contributed by atoms with Gasteiger partial charge in [0.1, 0.15) is 17.7 Å². The molecule has 2 N–H and O–H groups in total. The first-order valence-electron chi connectivity index (χ1n) is 8.16. The Balaban J connectivity index is 1.62. The second kappa shape index (κ2) is 7.33. The monoisotopic (exact) mass is 331 g/mol. The maximum atomic E-state index is 11.9. The molecular weight excluding hydrogens is 310 g/mol. The van der Waals surface area contributed by atoms with E-state index in [1.165, 1.54) is 13.5 Å². The minimum atomic E-state index is -0.423. The number of carbonyl (C=O) groups is 2. The molecule has 0 atom stereocenters.